The highest BCUT2D eigenvalue weighted by Crippen LogP contribution is 2.39. The lowest BCUT2D eigenvalue weighted by atomic mass is 9.75. The first kappa shape index (κ1) is 21.2. The van der Waals surface area contributed by atoms with Crippen LogP contribution in [0.25, 0.3) is 0 Å². The second-order valence-corrected chi connectivity index (χ2v) is 8.68. The zero-order valence-corrected chi connectivity index (χ0v) is 18.0. The standard InChI is InChI=1S/C25H32O4/c1-17(8-5-9-18(2)16-21-22(26)19(3)24(27)29-21)10-6-13-25(4)14-7-11-20-12-15-28-23(20)25/h6,10,12-13,15-16,18,26H,5,7-9,11,14H2,1-4H3/b13-6+,17-10+,21-16-/t18-,25+/m0/s1. The predicted octanol–water partition coefficient (Wildman–Crippen LogP) is 6.46. The van der Waals surface area contributed by atoms with Crippen molar-refractivity contribution in [1.29, 1.82) is 0 Å². The van der Waals surface area contributed by atoms with Gasteiger partial charge in [-0.3, -0.25) is 0 Å². The Labute approximate surface area is 173 Å². The molecule has 0 aromatic carbocycles. The Kier molecular flexibility index (Phi) is 6.51. The maximum Gasteiger partial charge on any atom is 0.343 e. The van der Waals surface area contributed by atoms with Crippen LogP contribution in [-0.2, 0) is 21.4 Å². The summed E-state index contributed by atoms with van der Waals surface area (Å²) in [6, 6.07) is 2.10. The van der Waals surface area contributed by atoms with E-state index in [9.17, 15) is 9.90 Å². The molecule has 29 heavy (non-hydrogen) atoms. The van der Waals surface area contributed by atoms with E-state index in [2.05, 4.69) is 45.1 Å². The van der Waals surface area contributed by atoms with Crippen molar-refractivity contribution in [1.82, 2.24) is 0 Å². The minimum Gasteiger partial charge on any atom is -0.504 e. The molecule has 2 atom stereocenters. The molecule has 0 spiro atoms. The Morgan fingerprint density at radius 2 is 2.21 bits per heavy atom. The molecular weight excluding hydrogens is 364 g/mol. The minimum absolute atomic E-state index is 0.0130. The third-order valence-corrected chi connectivity index (χ3v) is 6.02. The summed E-state index contributed by atoms with van der Waals surface area (Å²) in [7, 11) is 0. The van der Waals surface area contributed by atoms with E-state index < -0.39 is 5.97 Å². The molecule has 0 saturated heterocycles. The number of allylic oxidation sites excluding steroid dienone is 5. The molecule has 0 unspecified atom stereocenters. The topological polar surface area (TPSA) is 59.7 Å². The van der Waals surface area contributed by atoms with Crippen molar-refractivity contribution >= 4 is 5.97 Å². The lowest BCUT2D eigenvalue weighted by Gasteiger charge is -2.29. The van der Waals surface area contributed by atoms with Gasteiger partial charge >= 0.3 is 5.97 Å². The Hall–Kier alpha value is -2.49. The normalized spacial score (nSPS) is 25.0. The van der Waals surface area contributed by atoms with Crippen LogP contribution in [-0.4, -0.2) is 11.1 Å². The molecule has 1 aromatic heterocycles. The number of fused-ring (bicyclic) bond motifs is 1. The smallest absolute Gasteiger partial charge is 0.343 e. The molecule has 2 heterocycles. The first-order valence-corrected chi connectivity index (χ1v) is 10.6. The third kappa shape index (κ3) is 4.92. The molecule has 4 nitrogen and oxygen atoms in total. The average molecular weight is 397 g/mol. The molecule has 156 valence electrons. The van der Waals surface area contributed by atoms with Crippen molar-refractivity contribution in [3.8, 4) is 0 Å². The number of cyclic esters (lactones) is 1. The van der Waals surface area contributed by atoms with Crippen LogP contribution in [0.1, 0.15) is 71.1 Å². The van der Waals surface area contributed by atoms with Gasteiger partial charge in [0.05, 0.1) is 11.8 Å². The van der Waals surface area contributed by atoms with Crippen molar-refractivity contribution in [3.63, 3.8) is 0 Å². The fourth-order valence-electron chi connectivity index (χ4n) is 4.12. The van der Waals surface area contributed by atoms with Crippen molar-refractivity contribution in [2.45, 2.75) is 71.6 Å². The fourth-order valence-corrected chi connectivity index (χ4v) is 4.12. The molecule has 3 rings (SSSR count). The van der Waals surface area contributed by atoms with Gasteiger partial charge in [0, 0.05) is 5.41 Å². The molecule has 0 radical (unpaired) electrons. The van der Waals surface area contributed by atoms with Crippen LogP contribution < -0.4 is 0 Å². The quantitative estimate of drug-likeness (QED) is 0.425. The van der Waals surface area contributed by atoms with Crippen molar-refractivity contribution in [2.24, 2.45) is 5.92 Å². The fraction of sp³-hybridized carbons (Fsp3) is 0.480. The van der Waals surface area contributed by atoms with Crippen LogP contribution in [0.2, 0.25) is 0 Å². The van der Waals surface area contributed by atoms with Gasteiger partial charge in [-0.15, -0.1) is 0 Å². The van der Waals surface area contributed by atoms with E-state index in [0.717, 1.165) is 37.9 Å². The molecule has 1 aromatic rings. The molecule has 2 aliphatic rings. The number of carbonyl (C=O) groups is 1. The summed E-state index contributed by atoms with van der Waals surface area (Å²) < 4.78 is 10.9. The SMILES string of the molecule is CC1=C(O)/C(=C/[C@@H](C)CCC/C(C)=C/C=C/[C@]2(C)CCCc3ccoc32)OC1=O. The highest BCUT2D eigenvalue weighted by Gasteiger charge is 2.32. The summed E-state index contributed by atoms with van der Waals surface area (Å²) in [5.74, 6) is 1.16. The van der Waals surface area contributed by atoms with E-state index in [0.29, 0.717) is 5.76 Å². The first-order valence-electron chi connectivity index (χ1n) is 10.6. The van der Waals surface area contributed by atoms with E-state index in [-0.39, 0.29) is 22.7 Å². The lowest BCUT2D eigenvalue weighted by molar-refractivity contribution is -0.133. The number of furan rings is 1. The maximum absolute atomic E-state index is 11.5. The minimum atomic E-state index is -0.458. The highest BCUT2D eigenvalue weighted by molar-refractivity contribution is 5.93. The number of carbonyl (C=O) groups excluding carboxylic acids is 1. The molecular formula is C25H32O4. The van der Waals surface area contributed by atoms with Crippen molar-refractivity contribution < 1.29 is 19.1 Å². The van der Waals surface area contributed by atoms with E-state index in [4.69, 9.17) is 9.15 Å². The summed E-state index contributed by atoms with van der Waals surface area (Å²) >= 11 is 0. The monoisotopic (exact) mass is 396 g/mol. The Bertz CT molecular complexity index is 880. The van der Waals surface area contributed by atoms with Gasteiger partial charge in [0.15, 0.2) is 11.5 Å². The molecule has 0 amide bonds. The largest absolute Gasteiger partial charge is 0.504 e. The van der Waals surface area contributed by atoms with Gasteiger partial charge in [-0.2, -0.15) is 0 Å². The van der Waals surface area contributed by atoms with E-state index in [1.54, 1.807) is 6.92 Å². The Balaban J connectivity index is 1.49. The first-order chi connectivity index (χ1) is 13.8. The van der Waals surface area contributed by atoms with E-state index >= 15 is 0 Å². The summed E-state index contributed by atoms with van der Waals surface area (Å²) in [5, 5.41) is 9.91. The number of ether oxygens (including phenoxy) is 1. The average Bonchev–Trinajstić information content (AvgIpc) is 3.24. The van der Waals surface area contributed by atoms with E-state index in [1.807, 2.05) is 12.3 Å². The van der Waals surface area contributed by atoms with E-state index in [1.165, 1.54) is 17.6 Å². The van der Waals surface area contributed by atoms with Gasteiger partial charge in [0.2, 0.25) is 0 Å². The summed E-state index contributed by atoms with van der Waals surface area (Å²) in [6.07, 6.45) is 16.7. The van der Waals surface area contributed by atoms with Crippen LogP contribution in [0.5, 0.6) is 0 Å². The second kappa shape index (κ2) is 8.89. The zero-order valence-electron chi connectivity index (χ0n) is 18.0. The number of aryl methyl sites for hydroxylation is 1. The van der Waals surface area contributed by atoms with Crippen LogP contribution in [0.3, 0.4) is 0 Å². The van der Waals surface area contributed by atoms with Gasteiger partial charge in [-0.25, -0.2) is 4.79 Å². The van der Waals surface area contributed by atoms with Gasteiger partial charge < -0.3 is 14.3 Å². The summed E-state index contributed by atoms with van der Waals surface area (Å²) in [6.45, 7) is 8.06. The van der Waals surface area contributed by atoms with Crippen molar-refractivity contribution in [2.75, 3.05) is 0 Å². The predicted molar refractivity (Wildman–Crippen MR) is 114 cm³/mol. The molecule has 1 N–H and O–H groups in total. The Morgan fingerprint density at radius 1 is 1.41 bits per heavy atom. The summed E-state index contributed by atoms with van der Waals surface area (Å²) in [5.41, 5.74) is 2.95. The van der Waals surface area contributed by atoms with Crippen LogP contribution >= 0.6 is 0 Å². The van der Waals surface area contributed by atoms with Crippen LogP contribution in [0, 0.1) is 5.92 Å². The van der Waals surface area contributed by atoms with Crippen molar-refractivity contribution in [3.05, 3.63) is 70.6 Å². The van der Waals surface area contributed by atoms with Gasteiger partial charge in [0.25, 0.3) is 0 Å². The number of aliphatic hydroxyl groups excluding tert-OH is 1. The van der Waals surface area contributed by atoms with Gasteiger partial charge in [-0.1, -0.05) is 30.7 Å². The zero-order chi connectivity index (χ0) is 21.0. The maximum atomic E-state index is 11.5. The lowest BCUT2D eigenvalue weighted by Crippen LogP contribution is -2.23. The van der Waals surface area contributed by atoms with Gasteiger partial charge in [0.1, 0.15) is 5.76 Å². The second-order valence-electron chi connectivity index (χ2n) is 8.68. The van der Waals surface area contributed by atoms with Crippen LogP contribution in [0.15, 0.2) is 63.7 Å². The molecule has 0 fully saturated rings. The van der Waals surface area contributed by atoms with Gasteiger partial charge in [-0.05, 0) is 82.9 Å². The Morgan fingerprint density at radius 3 is 2.93 bits per heavy atom. The summed E-state index contributed by atoms with van der Waals surface area (Å²) in [4.78, 5) is 11.5. The number of rotatable bonds is 7. The molecule has 0 bridgehead atoms. The van der Waals surface area contributed by atoms with Crippen LogP contribution in [0.4, 0.5) is 0 Å². The molecule has 0 saturated carbocycles. The molecule has 1 aliphatic heterocycles. The number of hydrogen-bond donors (Lipinski definition) is 1. The number of aliphatic hydroxyl groups is 1. The number of esters is 1. The highest BCUT2D eigenvalue weighted by atomic mass is 16.6. The number of hydrogen-bond acceptors (Lipinski definition) is 4. The molecule has 4 heteroatoms. The third-order valence-electron chi connectivity index (χ3n) is 6.02. The molecule has 1 aliphatic carbocycles.